The number of esters is 1. The highest BCUT2D eigenvalue weighted by Gasteiger charge is 2.26. The number of benzene rings is 1. The average Bonchev–Trinajstić information content (AvgIpc) is 3.50. The molecule has 3 N–H and O–H groups in total. The van der Waals surface area contributed by atoms with E-state index >= 15 is 0 Å². The van der Waals surface area contributed by atoms with E-state index < -0.39 is 24.0 Å². The molecule has 1 unspecified atom stereocenters. The first-order valence-corrected chi connectivity index (χ1v) is 10.2. The summed E-state index contributed by atoms with van der Waals surface area (Å²) in [6, 6.07) is 6.15. The highest BCUT2D eigenvalue weighted by molar-refractivity contribution is 8.00. The molecule has 1 fully saturated rings. The van der Waals surface area contributed by atoms with Crippen LogP contribution in [0, 0.1) is 0 Å². The van der Waals surface area contributed by atoms with Gasteiger partial charge in [0.05, 0.1) is 17.9 Å². The molecule has 10 heteroatoms. The van der Waals surface area contributed by atoms with Crippen LogP contribution in [0.2, 0.25) is 0 Å². The van der Waals surface area contributed by atoms with Gasteiger partial charge in [0.2, 0.25) is 5.91 Å². The summed E-state index contributed by atoms with van der Waals surface area (Å²) in [5.41, 5.74) is 0.240. The summed E-state index contributed by atoms with van der Waals surface area (Å²) >= 11 is 1.18. The predicted molar refractivity (Wildman–Crippen MR) is 107 cm³/mol. The number of rotatable bonds is 10. The van der Waals surface area contributed by atoms with Crippen molar-refractivity contribution in [1.82, 2.24) is 16.0 Å². The molecule has 158 valence electrons. The Morgan fingerprint density at radius 3 is 2.62 bits per heavy atom. The molecule has 0 bridgehead atoms. The zero-order valence-electron chi connectivity index (χ0n) is 16.4. The number of urea groups is 1. The van der Waals surface area contributed by atoms with Crippen molar-refractivity contribution in [2.75, 3.05) is 26.0 Å². The average molecular weight is 423 g/mol. The van der Waals surface area contributed by atoms with Crippen molar-refractivity contribution in [3.8, 4) is 0 Å². The van der Waals surface area contributed by atoms with Crippen molar-refractivity contribution < 1.29 is 28.7 Å². The summed E-state index contributed by atoms with van der Waals surface area (Å²) in [4.78, 5) is 48.5. The SMILES string of the molecule is COCCNC(=O)CSc1ccccc1C(=O)OC(C)C(=O)NC(=O)NC1CC1. The van der Waals surface area contributed by atoms with Gasteiger partial charge >= 0.3 is 12.0 Å². The number of amides is 4. The summed E-state index contributed by atoms with van der Waals surface area (Å²) in [5, 5.41) is 7.47. The standard InChI is InChI=1S/C19H25N3O6S/c1-12(17(24)22-19(26)21-13-7-8-13)28-18(25)14-5-3-4-6-15(14)29-11-16(23)20-9-10-27-2/h3-6,12-13H,7-11H2,1-2H3,(H,20,23)(H2,21,22,24,26). The molecule has 1 aliphatic carbocycles. The molecule has 1 aromatic carbocycles. The van der Waals surface area contributed by atoms with Crippen molar-refractivity contribution in [2.24, 2.45) is 0 Å². The van der Waals surface area contributed by atoms with Gasteiger partial charge in [-0.3, -0.25) is 14.9 Å². The van der Waals surface area contributed by atoms with Gasteiger partial charge in [-0.2, -0.15) is 0 Å². The van der Waals surface area contributed by atoms with Crippen LogP contribution in [0.25, 0.3) is 0 Å². The minimum atomic E-state index is -1.15. The zero-order valence-corrected chi connectivity index (χ0v) is 17.2. The zero-order chi connectivity index (χ0) is 21.2. The van der Waals surface area contributed by atoms with Gasteiger partial charge in [-0.1, -0.05) is 12.1 Å². The second kappa shape index (κ2) is 11.4. The smallest absolute Gasteiger partial charge is 0.340 e. The van der Waals surface area contributed by atoms with Gasteiger partial charge in [0.25, 0.3) is 5.91 Å². The molecule has 2 rings (SSSR count). The normalized spacial score (nSPS) is 13.9. The van der Waals surface area contributed by atoms with Crippen LogP contribution in [0.1, 0.15) is 30.1 Å². The molecule has 0 aromatic heterocycles. The number of ether oxygens (including phenoxy) is 2. The van der Waals surface area contributed by atoms with Crippen LogP contribution in [0.15, 0.2) is 29.2 Å². The van der Waals surface area contributed by atoms with E-state index in [-0.39, 0.29) is 23.3 Å². The highest BCUT2D eigenvalue weighted by atomic mass is 32.2. The lowest BCUT2D eigenvalue weighted by Crippen LogP contribution is -2.45. The number of methoxy groups -OCH3 is 1. The number of carbonyl (C=O) groups excluding carboxylic acids is 4. The number of hydrogen-bond donors (Lipinski definition) is 3. The molecular formula is C19H25N3O6S. The fourth-order valence-electron chi connectivity index (χ4n) is 2.19. The molecule has 0 radical (unpaired) electrons. The molecular weight excluding hydrogens is 398 g/mol. The monoisotopic (exact) mass is 423 g/mol. The maximum atomic E-state index is 12.5. The number of carbonyl (C=O) groups is 4. The van der Waals surface area contributed by atoms with Crippen LogP contribution in [0.4, 0.5) is 4.79 Å². The first-order chi connectivity index (χ1) is 13.9. The number of imide groups is 1. The van der Waals surface area contributed by atoms with Gasteiger partial charge in [0, 0.05) is 24.6 Å². The van der Waals surface area contributed by atoms with E-state index in [4.69, 9.17) is 9.47 Å². The van der Waals surface area contributed by atoms with E-state index in [1.807, 2.05) is 0 Å². The quantitative estimate of drug-likeness (QED) is 0.292. The van der Waals surface area contributed by atoms with Crippen molar-refractivity contribution in [3.05, 3.63) is 29.8 Å². The maximum Gasteiger partial charge on any atom is 0.340 e. The molecule has 4 amide bonds. The first kappa shape index (κ1) is 22.7. The molecule has 0 saturated heterocycles. The molecule has 1 aromatic rings. The fourth-order valence-corrected chi connectivity index (χ4v) is 3.06. The predicted octanol–water partition coefficient (Wildman–Crippen LogP) is 1.07. The van der Waals surface area contributed by atoms with Crippen molar-refractivity contribution in [1.29, 1.82) is 0 Å². The molecule has 0 aliphatic heterocycles. The molecule has 1 saturated carbocycles. The van der Waals surface area contributed by atoms with Crippen molar-refractivity contribution in [2.45, 2.75) is 36.8 Å². The van der Waals surface area contributed by atoms with Gasteiger partial charge in [-0.05, 0) is 31.9 Å². The van der Waals surface area contributed by atoms with Gasteiger partial charge in [0.1, 0.15) is 0 Å². The number of hydrogen-bond acceptors (Lipinski definition) is 7. The summed E-state index contributed by atoms with van der Waals surface area (Å²) < 4.78 is 10.1. The first-order valence-electron chi connectivity index (χ1n) is 9.20. The van der Waals surface area contributed by atoms with Crippen LogP contribution in [0.5, 0.6) is 0 Å². The van der Waals surface area contributed by atoms with Gasteiger partial charge in [-0.15, -0.1) is 11.8 Å². The Kier molecular flexibility index (Phi) is 8.94. The minimum absolute atomic E-state index is 0.108. The highest BCUT2D eigenvalue weighted by Crippen LogP contribution is 2.23. The van der Waals surface area contributed by atoms with Crippen LogP contribution in [-0.4, -0.2) is 62.0 Å². The second-order valence-electron chi connectivity index (χ2n) is 6.41. The summed E-state index contributed by atoms with van der Waals surface area (Å²) in [7, 11) is 1.55. The lowest BCUT2D eigenvalue weighted by atomic mass is 10.2. The third-order valence-corrected chi connectivity index (χ3v) is 4.97. The molecule has 29 heavy (non-hydrogen) atoms. The van der Waals surface area contributed by atoms with Crippen LogP contribution >= 0.6 is 11.8 Å². The largest absolute Gasteiger partial charge is 0.449 e. The minimum Gasteiger partial charge on any atom is -0.449 e. The summed E-state index contributed by atoms with van der Waals surface area (Å²) in [6.07, 6.45) is 0.638. The van der Waals surface area contributed by atoms with Gasteiger partial charge < -0.3 is 20.1 Å². The Morgan fingerprint density at radius 2 is 1.93 bits per heavy atom. The Balaban J connectivity index is 1.86. The molecule has 1 aliphatic rings. The van der Waals surface area contributed by atoms with Crippen LogP contribution in [-0.2, 0) is 19.1 Å². The molecule has 9 nitrogen and oxygen atoms in total. The second-order valence-corrected chi connectivity index (χ2v) is 7.43. The van der Waals surface area contributed by atoms with E-state index in [9.17, 15) is 19.2 Å². The van der Waals surface area contributed by atoms with Gasteiger partial charge in [-0.25, -0.2) is 9.59 Å². The van der Waals surface area contributed by atoms with E-state index in [0.717, 1.165) is 12.8 Å². The molecule has 0 heterocycles. The fraction of sp³-hybridized carbons (Fsp3) is 0.474. The third kappa shape index (κ3) is 8.12. The third-order valence-electron chi connectivity index (χ3n) is 3.90. The van der Waals surface area contributed by atoms with Crippen molar-refractivity contribution >= 4 is 35.6 Å². The molecule has 1 atom stereocenters. The maximum absolute atomic E-state index is 12.5. The van der Waals surface area contributed by atoms with Gasteiger partial charge in [0.15, 0.2) is 6.10 Å². The lowest BCUT2D eigenvalue weighted by Gasteiger charge is -2.14. The van der Waals surface area contributed by atoms with E-state index in [1.54, 1.807) is 31.4 Å². The van der Waals surface area contributed by atoms with Crippen molar-refractivity contribution in [3.63, 3.8) is 0 Å². The Bertz CT molecular complexity index is 753. The molecule has 0 spiro atoms. The van der Waals surface area contributed by atoms with Crippen LogP contribution < -0.4 is 16.0 Å². The topological polar surface area (TPSA) is 123 Å². The van der Waals surface area contributed by atoms with E-state index in [0.29, 0.717) is 18.0 Å². The van der Waals surface area contributed by atoms with Crippen LogP contribution in [0.3, 0.4) is 0 Å². The number of nitrogens with one attached hydrogen (secondary N) is 3. The Morgan fingerprint density at radius 1 is 1.21 bits per heavy atom. The summed E-state index contributed by atoms with van der Waals surface area (Å²) in [6.45, 7) is 2.20. The number of thioether (sulfide) groups is 1. The Hall–Kier alpha value is -2.59. The lowest BCUT2D eigenvalue weighted by molar-refractivity contribution is -0.128. The summed E-state index contributed by atoms with van der Waals surface area (Å²) in [5.74, 6) is -1.49. The van der Waals surface area contributed by atoms with E-state index in [1.165, 1.54) is 18.7 Å². The van der Waals surface area contributed by atoms with E-state index in [2.05, 4.69) is 16.0 Å². The Labute approximate surface area is 173 Å².